The van der Waals surface area contributed by atoms with Crippen molar-refractivity contribution in [1.82, 2.24) is 9.47 Å². The maximum Gasteiger partial charge on any atom is 0.255 e. The lowest BCUT2D eigenvalue weighted by atomic mass is 10.1. The summed E-state index contributed by atoms with van der Waals surface area (Å²) in [4.78, 5) is 27.1. The van der Waals surface area contributed by atoms with E-state index in [4.69, 9.17) is 5.73 Å². The predicted molar refractivity (Wildman–Crippen MR) is 90.5 cm³/mol. The van der Waals surface area contributed by atoms with Crippen molar-refractivity contribution in [3.8, 4) is 0 Å². The highest BCUT2D eigenvalue weighted by molar-refractivity contribution is 7.09. The molecule has 0 bridgehead atoms. The number of likely N-dealkylation sites (tertiary alicyclic amines) is 1. The minimum atomic E-state index is -0.316. The Morgan fingerprint density at radius 2 is 2.17 bits per heavy atom. The van der Waals surface area contributed by atoms with Crippen LogP contribution in [0.5, 0.6) is 0 Å². The highest BCUT2D eigenvalue weighted by Gasteiger charge is 2.31. The second-order valence-corrected chi connectivity index (χ2v) is 7.12. The summed E-state index contributed by atoms with van der Waals surface area (Å²) < 4.78 is 2.17. The van der Waals surface area contributed by atoms with E-state index in [9.17, 15) is 9.59 Å². The molecule has 0 aliphatic carbocycles. The van der Waals surface area contributed by atoms with Crippen LogP contribution in [-0.4, -0.2) is 34.4 Å². The number of carbonyl (C=O) groups excluding carboxylic acids is 2. The molecule has 1 aliphatic heterocycles. The number of hydrogen-bond acceptors (Lipinski definition) is 3. The van der Waals surface area contributed by atoms with Crippen LogP contribution in [0.2, 0.25) is 0 Å². The summed E-state index contributed by atoms with van der Waals surface area (Å²) in [5.41, 5.74) is 8.13. The van der Waals surface area contributed by atoms with Gasteiger partial charge in [0.25, 0.3) is 5.91 Å². The number of primary amides is 1. The van der Waals surface area contributed by atoms with Gasteiger partial charge in [0, 0.05) is 29.4 Å². The quantitative estimate of drug-likeness (QED) is 0.933. The first-order chi connectivity index (χ1) is 11.0. The molecule has 3 heterocycles. The number of hydrogen-bond donors (Lipinski definition) is 1. The van der Waals surface area contributed by atoms with Crippen molar-refractivity contribution in [3.63, 3.8) is 0 Å². The van der Waals surface area contributed by atoms with Crippen molar-refractivity contribution >= 4 is 23.2 Å². The molecule has 0 unspecified atom stereocenters. The van der Waals surface area contributed by atoms with Crippen LogP contribution in [0, 0.1) is 19.8 Å². The summed E-state index contributed by atoms with van der Waals surface area (Å²) in [6.07, 6.45) is 0.662. The molecule has 0 radical (unpaired) electrons. The molecule has 5 nitrogen and oxygen atoms in total. The van der Waals surface area contributed by atoms with Gasteiger partial charge in [0.1, 0.15) is 0 Å². The van der Waals surface area contributed by atoms with E-state index >= 15 is 0 Å². The molecule has 1 fully saturated rings. The van der Waals surface area contributed by atoms with Crippen molar-refractivity contribution < 1.29 is 9.59 Å². The van der Waals surface area contributed by atoms with Gasteiger partial charge in [-0.3, -0.25) is 9.59 Å². The Hall–Kier alpha value is -2.08. The van der Waals surface area contributed by atoms with Crippen molar-refractivity contribution in [2.45, 2.75) is 26.8 Å². The van der Waals surface area contributed by atoms with Crippen molar-refractivity contribution in [1.29, 1.82) is 0 Å². The van der Waals surface area contributed by atoms with Crippen LogP contribution in [0.4, 0.5) is 0 Å². The standard InChI is InChI=1S/C17H21N3O2S/c1-11-8-15(12(2)20(11)10-14-4-3-7-23-14)17(22)19-6-5-13(9-19)16(18)21/h3-4,7-8,13H,5-6,9-10H2,1-2H3,(H2,18,21)/t13-/m1/s1. The van der Waals surface area contributed by atoms with Gasteiger partial charge < -0.3 is 15.2 Å². The Labute approximate surface area is 139 Å². The molecule has 2 aromatic heterocycles. The van der Waals surface area contributed by atoms with E-state index in [1.807, 2.05) is 26.0 Å². The van der Waals surface area contributed by atoms with Crippen molar-refractivity contribution in [3.05, 3.63) is 45.4 Å². The second kappa shape index (κ2) is 6.20. The van der Waals surface area contributed by atoms with Gasteiger partial charge in [0.2, 0.25) is 5.91 Å². The first-order valence-electron chi connectivity index (χ1n) is 7.75. The summed E-state index contributed by atoms with van der Waals surface area (Å²) in [6.45, 7) is 5.82. The van der Waals surface area contributed by atoms with Crippen LogP contribution in [0.3, 0.4) is 0 Å². The van der Waals surface area contributed by atoms with Gasteiger partial charge in [-0.05, 0) is 37.8 Å². The normalized spacial score (nSPS) is 17.7. The zero-order chi connectivity index (χ0) is 16.6. The number of thiophene rings is 1. The van der Waals surface area contributed by atoms with Gasteiger partial charge >= 0.3 is 0 Å². The minimum absolute atomic E-state index is 0.000667. The fraction of sp³-hybridized carbons (Fsp3) is 0.412. The predicted octanol–water partition coefficient (Wildman–Crippen LogP) is 2.16. The van der Waals surface area contributed by atoms with E-state index in [1.54, 1.807) is 16.2 Å². The van der Waals surface area contributed by atoms with E-state index < -0.39 is 0 Å². The lowest BCUT2D eigenvalue weighted by molar-refractivity contribution is -0.121. The molecule has 2 N–H and O–H groups in total. The van der Waals surface area contributed by atoms with Crippen LogP contribution < -0.4 is 5.73 Å². The zero-order valence-electron chi connectivity index (χ0n) is 13.4. The molecule has 3 rings (SSSR count). The zero-order valence-corrected chi connectivity index (χ0v) is 14.2. The van der Waals surface area contributed by atoms with E-state index in [0.29, 0.717) is 19.5 Å². The molecular weight excluding hydrogens is 310 g/mol. The topological polar surface area (TPSA) is 68.3 Å². The monoisotopic (exact) mass is 331 g/mol. The molecule has 0 aromatic carbocycles. The summed E-state index contributed by atoms with van der Waals surface area (Å²) >= 11 is 1.71. The smallest absolute Gasteiger partial charge is 0.255 e. The van der Waals surface area contributed by atoms with Gasteiger partial charge in [-0.2, -0.15) is 0 Å². The van der Waals surface area contributed by atoms with E-state index in [0.717, 1.165) is 23.5 Å². The van der Waals surface area contributed by atoms with Gasteiger partial charge in [0.15, 0.2) is 0 Å². The van der Waals surface area contributed by atoms with Crippen LogP contribution in [0.25, 0.3) is 0 Å². The Balaban J connectivity index is 1.81. The average Bonchev–Trinajstić information content (AvgIpc) is 3.23. The van der Waals surface area contributed by atoms with Crippen molar-refractivity contribution in [2.75, 3.05) is 13.1 Å². The molecule has 1 aliphatic rings. The molecular formula is C17H21N3O2S. The van der Waals surface area contributed by atoms with Gasteiger partial charge in [0.05, 0.1) is 18.0 Å². The highest BCUT2D eigenvalue weighted by atomic mass is 32.1. The third kappa shape index (κ3) is 3.03. The van der Waals surface area contributed by atoms with Crippen LogP contribution >= 0.6 is 11.3 Å². The molecule has 2 amide bonds. The molecule has 2 aromatic rings. The van der Waals surface area contributed by atoms with E-state index in [-0.39, 0.29) is 17.7 Å². The molecule has 23 heavy (non-hydrogen) atoms. The minimum Gasteiger partial charge on any atom is -0.369 e. The number of carbonyl (C=O) groups is 2. The van der Waals surface area contributed by atoms with Gasteiger partial charge in [-0.1, -0.05) is 6.07 Å². The fourth-order valence-electron chi connectivity index (χ4n) is 3.17. The number of aromatic nitrogens is 1. The number of nitrogens with two attached hydrogens (primary N) is 1. The summed E-state index contributed by atoms with van der Waals surface area (Å²) in [5, 5.41) is 2.06. The second-order valence-electron chi connectivity index (χ2n) is 6.09. The maximum absolute atomic E-state index is 12.8. The number of nitrogens with zero attached hydrogens (tertiary/aromatic N) is 2. The first-order valence-corrected chi connectivity index (χ1v) is 8.63. The van der Waals surface area contributed by atoms with Gasteiger partial charge in [-0.15, -0.1) is 11.3 Å². The van der Waals surface area contributed by atoms with E-state index in [2.05, 4.69) is 16.0 Å². The Morgan fingerprint density at radius 3 is 2.78 bits per heavy atom. The van der Waals surface area contributed by atoms with Crippen molar-refractivity contribution in [2.24, 2.45) is 11.7 Å². The SMILES string of the molecule is Cc1cc(C(=O)N2CC[C@@H](C(N)=O)C2)c(C)n1Cc1cccs1. The van der Waals surface area contributed by atoms with E-state index in [1.165, 1.54) is 4.88 Å². The summed E-state index contributed by atoms with van der Waals surface area (Å²) in [6, 6.07) is 6.08. The molecule has 1 saturated heterocycles. The van der Waals surface area contributed by atoms with Crippen LogP contribution in [0.15, 0.2) is 23.6 Å². The Morgan fingerprint density at radius 1 is 1.39 bits per heavy atom. The third-order valence-corrected chi connectivity index (χ3v) is 5.44. The fourth-order valence-corrected chi connectivity index (χ4v) is 3.86. The van der Waals surface area contributed by atoms with Crippen LogP contribution in [0.1, 0.15) is 33.0 Å². The maximum atomic E-state index is 12.8. The third-order valence-electron chi connectivity index (χ3n) is 4.58. The average molecular weight is 331 g/mol. The molecule has 0 spiro atoms. The first kappa shape index (κ1) is 15.8. The number of rotatable bonds is 4. The lowest BCUT2D eigenvalue weighted by Crippen LogP contribution is -2.32. The largest absolute Gasteiger partial charge is 0.369 e. The summed E-state index contributed by atoms with van der Waals surface area (Å²) in [7, 11) is 0. The van der Waals surface area contributed by atoms with Crippen LogP contribution in [-0.2, 0) is 11.3 Å². The molecule has 1 atom stereocenters. The lowest BCUT2D eigenvalue weighted by Gasteiger charge is -2.16. The number of amides is 2. The Kier molecular flexibility index (Phi) is 4.26. The van der Waals surface area contributed by atoms with Gasteiger partial charge in [-0.25, -0.2) is 0 Å². The molecule has 0 saturated carbocycles. The number of aryl methyl sites for hydroxylation is 1. The molecule has 6 heteroatoms. The molecule has 122 valence electrons. The summed E-state index contributed by atoms with van der Waals surface area (Å²) in [5.74, 6) is -0.531. The highest BCUT2D eigenvalue weighted by Crippen LogP contribution is 2.23. The Bertz CT molecular complexity index is 733.